The molecule has 1 fully saturated rings. The minimum atomic E-state index is -0.874. The van der Waals surface area contributed by atoms with Crippen molar-refractivity contribution < 1.29 is 19.1 Å². The van der Waals surface area contributed by atoms with E-state index >= 15 is 0 Å². The van der Waals surface area contributed by atoms with E-state index in [1.54, 1.807) is 34.0 Å². The molecule has 0 saturated carbocycles. The fraction of sp³-hybridized carbons (Fsp3) is 0.292. The molecule has 1 N–H and O–H groups in total. The van der Waals surface area contributed by atoms with Crippen molar-refractivity contribution in [3.8, 4) is 11.5 Å². The molecule has 6 rings (SSSR count). The number of likely N-dealkylation sites (tertiary alicyclic amines) is 1. The van der Waals surface area contributed by atoms with Gasteiger partial charge in [-0.2, -0.15) is 5.10 Å². The Morgan fingerprint density at radius 1 is 1.16 bits per heavy atom. The number of para-hydroxylation sites is 2. The summed E-state index contributed by atoms with van der Waals surface area (Å²) in [7, 11) is 1.83. The predicted molar refractivity (Wildman–Crippen MR) is 116 cm³/mol. The van der Waals surface area contributed by atoms with Crippen LogP contribution in [0.1, 0.15) is 33.9 Å². The molecule has 4 heterocycles. The first kappa shape index (κ1) is 18.9. The van der Waals surface area contributed by atoms with Crippen LogP contribution in [0.2, 0.25) is 0 Å². The molecule has 0 bridgehead atoms. The molecule has 162 valence electrons. The van der Waals surface area contributed by atoms with Crippen LogP contribution in [0.4, 0.5) is 5.69 Å². The van der Waals surface area contributed by atoms with Gasteiger partial charge in [-0.3, -0.25) is 14.3 Å². The Balaban J connectivity index is 1.50. The quantitative estimate of drug-likeness (QED) is 0.676. The molecule has 1 saturated heterocycles. The SMILES string of the molecule is Cn1cc([C@@H]2N(C(=O)c3cccc4c3OCCO4)CC[C@]23C(=O)Nc2ccccc23)cn1. The van der Waals surface area contributed by atoms with E-state index < -0.39 is 11.5 Å². The lowest BCUT2D eigenvalue weighted by Gasteiger charge is -2.34. The Labute approximate surface area is 184 Å². The standard InChI is InChI=1S/C24H22N4O4/c1-27-14-15(13-25-27)21-24(17-6-2-3-7-18(17)26-23(24)30)9-10-28(21)22(29)16-5-4-8-19-20(16)32-12-11-31-19/h2-8,13-14,21H,9-12H2,1H3,(H,26,30)/t21-,24+/m0/s1. The van der Waals surface area contributed by atoms with Gasteiger partial charge >= 0.3 is 0 Å². The second kappa shape index (κ2) is 6.85. The number of nitrogens with one attached hydrogen (secondary N) is 1. The van der Waals surface area contributed by atoms with Gasteiger partial charge in [0.1, 0.15) is 18.6 Å². The summed E-state index contributed by atoms with van der Waals surface area (Å²) in [5, 5.41) is 7.37. The fourth-order valence-corrected chi connectivity index (χ4v) is 5.35. The van der Waals surface area contributed by atoms with E-state index in [0.717, 1.165) is 16.8 Å². The molecule has 1 spiro atoms. The third-order valence-electron chi connectivity index (χ3n) is 6.68. The maximum atomic E-state index is 13.9. The first-order chi connectivity index (χ1) is 15.6. The van der Waals surface area contributed by atoms with Crippen LogP contribution >= 0.6 is 0 Å². The zero-order chi connectivity index (χ0) is 21.9. The molecule has 2 atom stereocenters. The number of nitrogens with zero attached hydrogens (tertiary/aromatic N) is 3. The normalized spacial score (nSPS) is 23.3. The van der Waals surface area contributed by atoms with Gasteiger partial charge < -0.3 is 19.7 Å². The van der Waals surface area contributed by atoms with Crippen molar-refractivity contribution in [3.63, 3.8) is 0 Å². The number of carbonyl (C=O) groups excluding carboxylic acids is 2. The lowest BCUT2D eigenvalue weighted by molar-refractivity contribution is -0.121. The highest BCUT2D eigenvalue weighted by Crippen LogP contribution is 2.55. The number of aryl methyl sites for hydroxylation is 1. The van der Waals surface area contributed by atoms with Gasteiger partial charge in [0.15, 0.2) is 11.5 Å². The van der Waals surface area contributed by atoms with Crippen LogP contribution in [-0.2, 0) is 17.3 Å². The summed E-state index contributed by atoms with van der Waals surface area (Å²) < 4.78 is 13.2. The van der Waals surface area contributed by atoms with Gasteiger partial charge in [0.25, 0.3) is 5.91 Å². The van der Waals surface area contributed by atoms with E-state index in [1.807, 2.05) is 37.5 Å². The number of amides is 2. The van der Waals surface area contributed by atoms with Gasteiger partial charge in [-0.1, -0.05) is 24.3 Å². The summed E-state index contributed by atoms with van der Waals surface area (Å²) in [6.45, 7) is 1.28. The van der Waals surface area contributed by atoms with Gasteiger partial charge in [0, 0.05) is 31.0 Å². The molecule has 0 radical (unpaired) electrons. The fourth-order valence-electron chi connectivity index (χ4n) is 5.35. The van der Waals surface area contributed by atoms with Crippen molar-refractivity contribution >= 4 is 17.5 Å². The molecule has 8 heteroatoms. The van der Waals surface area contributed by atoms with Crippen LogP contribution in [0.5, 0.6) is 11.5 Å². The minimum absolute atomic E-state index is 0.0856. The lowest BCUT2D eigenvalue weighted by atomic mass is 9.73. The summed E-state index contributed by atoms with van der Waals surface area (Å²) in [5.41, 5.74) is 2.12. The maximum Gasteiger partial charge on any atom is 0.258 e. The number of aromatic nitrogens is 2. The highest BCUT2D eigenvalue weighted by atomic mass is 16.6. The largest absolute Gasteiger partial charge is 0.486 e. The van der Waals surface area contributed by atoms with Crippen LogP contribution in [0, 0.1) is 0 Å². The molecule has 0 unspecified atom stereocenters. The summed E-state index contributed by atoms with van der Waals surface area (Å²) in [4.78, 5) is 29.1. The third kappa shape index (κ3) is 2.52. The van der Waals surface area contributed by atoms with Crippen molar-refractivity contribution in [2.45, 2.75) is 17.9 Å². The second-order valence-corrected chi connectivity index (χ2v) is 8.40. The van der Waals surface area contributed by atoms with Gasteiger partial charge in [-0.05, 0) is 30.2 Å². The van der Waals surface area contributed by atoms with Crippen molar-refractivity contribution in [1.82, 2.24) is 14.7 Å². The van der Waals surface area contributed by atoms with E-state index in [0.29, 0.717) is 43.2 Å². The molecule has 8 nitrogen and oxygen atoms in total. The number of hydrogen-bond acceptors (Lipinski definition) is 5. The number of anilines is 1. The average molecular weight is 430 g/mol. The van der Waals surface area contributed by atoms with E-state index in [9.17, 15) is 9.59 Å². The number of hydrogen-bond donors (Lipinski definition) is 1. The summed E-state index contributed by atoms with van der Waals surface area (Å²) in [6, 6.07) is 12.6. The minimum Gasteiger partial charge on any atom is -0.486 e. The maximum absolute atomic E-state index is 13.9. The van der Waals surface area contributed by atoms with Gasteiger partial charge in [-0.25, -0.2) is 0 Å². The lowest BCUT2D eigenvalue weighted by Crippen LogP contribution is -2.42. The average Bonchev–Trinajstić information content (AvgIpc) is 3.50. The molecule has 2 aromatic carbocycles. The molecular formula is C24H22N4O4. The van der Waals surface area contributed by atoms with Crippen LogP contribution in [0.3, 0.4) is 0 Å². The Kier molecular flexibility index (Phi) is 4.05. The molecule has 3 aliphatic rings. The Morgan fingerprint density at radius 2 is 2.00 bits per heavy atom. The highest BCUT2D eigenvalue weighted by Gasteiger charge is 2.59. The Hall–Kier alpha value is -3.81. The monoisotopic (exact) mass is 430 g/mol. The van der Waals surface area contributed by atoms with Crippen LogP contribution < -0.4 is 14.8 Å². The van der Waals surface area contributed by atoms with Crippen molar-refractivity contribution in [1.29, 1.82) is 0 Å². The molecule has 0 aliphatic carbocycles. The van der Waals surface area contributed by atoms with E-state index in [1.165, 1.54) is 0 Å². The number of benzene rings is 2. The Bertz CT molecular complexity index is 1250. The number of carbonyl (C=O) groups is 2. The van der Waals surface area contributed by atoms with Crippen molar-refractivity contribution in [3.05, 3.63) is 71.5 Å². The zero-order valence-corrected chi connectivity index (χ0v) is 17.6. The summed E-state index contributed by atoms with van der Waals surface area (Å²) in [5.74, 6) is 0.761. The van der Waals surface area contributed by atoms with Crippen molar-refractivity contribution in [2.75, 3.05) is 25.1 Å². The third-order valence-corrected chi connectivity index (χ3v) is 6.68. The van der Waals surface area contributed by atoms with Gasteiger partial charge in [0.2, 0.25) is 5.91 Å². The first-order valence-corrected chi connectivity index (χ1v) is 10.7. The zero-order valence-electron chi connectivity index (χ0n) is 17.6. The molecule has 3 aliphatic heterocycles. The molecule has 3 aromatic rings. The predicted octanol–water partition coefficient (Wildman–Crippen LogP) is 2.67. The highest BCUT2D eigenvalue weighted by molar-refractivity contribution is 6.08. The molecular weight excluding hydrogens is 408 g/mol. The molecule has 1 aromatic heterocycles. The van der Waals surface area contributed by atoms with Crippen LogP contribution in [0.15, 0.2) is 54.9 Å². The number of fused-ring (bicyclic) bond motifs is 3. The molecule has 2 amide bonds. The van der Waals surface area contributed by atoms with Crippen LogP contribution in [-0.4, -0.2) is 46.3 Å². The number of rotatable bonds is 2. The van der Waals surface area contributed by atoms with Crippen LogP contribution in [0.25, 0.3) is 0 Å². The smallest absolute Gasteiger partial charge is 0.258 e. The van der Waals surface area contributed by atoms with E-state index in [2.05, 4.69) is 10.4 Å². The summed E-state index contributed by atoms with van der Waals surface area (Å²) >= 11 is 0. The van der Waals surface area contributed by atoms with Gasteiger partial charge in [0.05, 0.1) is 17.8 Å². The number of ether oxygens (including phenoxy) is 2. The second-order valence-electron chi connectivity index (χ2n) is 8.40. The topological polar surface area (TPSA) is 85.7 Å². The first-order valence-electron chi connectivity index (χ1n) is 10.7. The summed E-state index contributed by atoms with van der Waals surface area (Å²) in [6.07, 6.45) is 4.14. The van der Waals surface area contributed by atoms with E-state index in [-0.39, 0.29) is 11.8 Å². The van der Waals surface area contributed by atoms with E-state index in [4.69, 9.17) is 9.47 Å². The molecule has 32 heavy (non-hydrogen) atoms. The van der Waals surface area contributed by atoms with Crippen molar-refractivity contribution in [2.24, 2.45) is 7.05 Å². The van der Waals surface area contributed by atoms with Gasteiger partial charge in [-0.15, -0.1) is 0 Å². The Morgan fingerprint density at radius 3 is 2.84 bits per heavy atom.